The van der Waals surface area contributed by atoms with Crippen molar-refractivity contribution in [2.45, 2.75) is 13.8 Å². The van der Waals surface area contributed by atoms with E-state index in [0.29, 0.717) is 10.7 Å². The van der Waals surface area contributed by atoms with Gasteiger partial charge in [-0.05, 0) is 68.0 Å². The maximum absolute atomic E-state index is 12.6. The number of amides is 1. The summed E-state index contributed by atoms with van der Waals surface area (Å²) in [5.41, 5.74) is 4.41. The van der Waals surface area contributed by atoms with Gasteiger partial charge in [-0.3, -0.25) is 4.79 Å². The first-order valence-electron chi connectivity index (χ1n) is 8.41. The zero-order valence-corrected chi connectivity index (χ0v) is 15.8. The number of benzene rings is 2. The van der Waals surface area contributed by atoms with Crippen LogP contribution in [-0.2, 0) is 4.79 Å². The van der Waals surface area contributed by atoms with Crippen molar-refractivity contribution in [1.82, 2.24) is 4.57 Å². The van der Waals surface area contributed by atoms with Crippen molar-refractivity contribution in [2.75, 3.05) is 5.32 Å². The maximum Gasteiger partial charge on any atom is 0.266 e. The van der Waals surface area contributed by atoms with Gasteiger partial charge in [0.1, 0.15) is 11.6 Å². The van der Waals surface area contributed by atoms with E-state index in [1.54, 1.807) is 18.2 Å². The molecule has 1 amide bonds. The summed E-state index contributed by atoms with van der Waals surface area (Å²) in [4.78, 5) is 12.6. The summed E-state index contributed by atoms with van der Waals surface area (Å²) in [6.45, 7) is 3.91. The van der Waals surface area contributed by atoms with Crippen molar-refractivity contribution in [1.29, 1.82) is 5.26 Å². The van der Waals surface area contributed by atoms with E-state index < -0.39 is 5.91 Å². The molecule has 0 unspecified atom stereocenters. The van der Waals surface area contributed by atoms with Crippen molar-refractivity contribution in [3.05, 3.63) is 88.2 Å². The van der Waals surface area contributed by atoms with E-state index in [4.69, 9.17) is 11.6 Å². The standard InChI is InChI=1S/C22H18ClN3O/c1-15-5-10-21(16(2)12-15)25-22(27)17(14-24)13-20-4-3-11-26(20)19-8-6-18(23)7-9-19/h3-13H,1-2H3,(H,25,27)/b17-13-. The van der Waals surface area contributed by atoms with Gasteiger partial charge in [0.25, 0.3) is 5.91 Å². The molecule has 5 heteroatoms. The molecule has 0 atom stereocenters. The van der Waals surface area contributed by atoms with Crippen LogP contribution in [0.15, 0.2) is 66.4 Å². The maximum atomic E-state index is 12.6. The summed E-state index contributed by atoms with van der Waals surface area (Å²) in [5, 5.41) is 12.9. The average molecular weight is 376 g/mol. The fourth-order valence-corrected chi connectivity index (χ4v) is 2.91. The van der Waals surface area contributed by atoms with Gasteiger partial charge in [0.2, 0.25) is 0 Å². The molecule has 2 aromatic carbocycles. The van der Waals surface area contributed by atoms with Gasteiger partial charge >= 0.3 is 0 Å². The lowest BCUT2D eigenvalue weighted by molar-refractivity contribution is -0.112. The number of aryl methyl sites for hydroxylation is 2. The molecular weight excluding hydrogens is 358 g/mol. The monoisotopic (exact) mass is 375 g/mol. The molecule has 1 N–H and O–H groups in total. The lowest BCUT2D eigenvalue weighted by Gasteiger charge is -2.10. The molecule has 0 aliphatic carbocycles. The van der Waals surface area contributed by atoms with Crippen molar-refractivity contribution < 1.29 is 4.79 Å². The minimum absolute atomic E-state index is 0.0314. The first kappa shape index (κ1) is 18.5. The van der Waals surface area contributed by atoms with Crippen molar-refractivity contribution >= 4 is 29.3 Å². The number of anilines is 1. The molecule has 0 fully saturated rings. The van der Waals surface area contributed by atoms with Gasteiger partial charge in [0.15, 0.2) is 0 Å². The number of nitrogens with zero attached hydrogens (tertiary/aromatic N) is 2. The summed E-state index contributed by atoms with van der Waals surface area (Å²) < 4.78 is 1.89. The highest BCUT2D eigenvalue weighted by Crippen LogP contribution is 2.20. The molecule has 0 aliphatic heterocycles. The van der Waals surface area contributed by atoms with Gasteiger partial charge < -0.3 is 9.88 Å². The smallest absolute Gasteiger partial charge is 0.266 e. The summed E-state index contributed by atoms with van der Waals surface area (Å²) in [5.74, 6) is -0.437. The van der Waals surface area contributed by atoms with E-state index in [1.807, 2.05) is 73.1 Å². The molecule has 0 spiro atoms. The van der Waals surface area contributed by atoms with Crippen LogP contribution in [0.2, 0.25) is 5.02 Å². The normalized spacial score (nSPS) is 11.1. The molecule has 0 bridgehead atoms. The van der Waals surface area contributed by atoms with Crippen LogP contribution in [-0.4, -0.2) is 10.5 Å². The van der Waals surface area contributed by atoms with Gasteiger partial charge in [-0.1, -0.05) is 29.3 Å². The highest BCUT2D eigenvalue weighted by molar-refractivity contribution is 6.30. The Balaban J connectivity index is 1.89. The van der Waals surface area contributed by atoms with E-state index in [-0.39, 0.29) is 5.57 Å². The Bertz CT molecular complexity index is 1060. The van der Waals surface area contributed by atoms with E-state index in [1.165, 1.54) is 0 Å². The van der Waals surface area contributed by atoms with Crippen LogP contribution < -0.4 is 5.32 Å². The van der Waals surface area contributed by atoms with Crippen molar-refractivity contribution in [3.63, 3.8) is 0 Å². The Labute approximate surface area is 163 Å². The first-order chi connectivity index (χ1) is 13.0. The predicted octanol–water partition coefficient (Wildman–Crippen LogP) is 5.29. The third kappa shape index (κ3) is 4.28. The van der Waals surface area contributed by atoms with Crippen molar-refractivity contribution in [3.8, 4) is 11.8 Å². The van der Waals surface area contributed by atoms with Crippen LogP contribution in [0.5, 0.6) is 0 Å². The largest absolute Gasteiger partial charge is 0.321 e. The minimum Gasteiger partial charge on any atom is -0.321 e. The molecule has 134 valence electrons. The average Bonchev–Trinajstić information content (AvgIpc) is 3.10. The van der Waals surface area contributed by atoms with E-state index >= 15 is 0 Å². The number of nitrogens with one attached hydrogen (secondary N) is 1. The number of rotatable bonds is 4. The van der Waals surface area contributed by atoms with E-state index in [2.05, 4.69) is 5.32 Å². The molecular formula is C22H18ClN3O. The highest BCUT2D eigenvalue weighted by Gasteiger charge is 2.12. The molecule has 0 saturated carbocycles. The van der Waals surface area contributed by atoms with Crippen LogP contribution in [0.3, 0.4) is 0 Å². The lowest BCUT2D eigenvalue weighted by atomic mass is 10.1. The zero-order valence-electron chi connectivity index (χ0n) is 15.0. The SMILES string of the molecule is Cc1ccc(NC(=O)/C(C#N)=C\c2cccn2-c2ccc(Cl)cc2)c(C)c1. The Morgan fingerprint density at radius 3 is 2.56 bits per heavy atom. The fourth-order valence-electron chi connectivity index (χ4n) is 2.79. The molecule has 0 radical (unpaired) electrons. The topological polar surface area (TPSA) is 57.8 Å². The number of halogens is 1. The number of hydrogen-bond acceptors (Lipinski definition) is 2. The van der Waals surface area contributed by atoms with Crippen molar-refractivity contribution in [2.24, 2.45) is 0 Å². The molecule has 3 rings (SSSR count). The fraction of sp³-hybridized carbons (Fsp3) is 0.0909. The van der Waals surface area contributed by atoms with E-state index in [0.717, 1.165) is 22.5 Å². The third-order valence-electron chi connectivity index (χ3n) is 4.17. The van der Waals surface area contributed by atoms with Gasteiger partial charge in [0.05, 0.1) is 0 Å². The number of hydrogen-bond donors (Lipinski definition) is 1. The quantitative estimate of drug-likeness (QED) is 0.497. The van der Waals surface area contributed by atoms with Crippen LogP contribution in [0.4, 0.5) is 5.69 Å². The number of carbonyl (C=O) groups is 1. The summed E-state index contributed by atoms with van der Waals surface area (Å²) in [7, 11) is 0. The lowest BCUT2D eigenvalue weighted by Crippen LogP contribution is -2.14. The van der Waals surface area contributed by atoms with Crippen LogP contribution in [0.1, 0.15) is 16.8 Å². The minimum atomic E-state index is -0.437. The van der Waals surface area contributed by atoms with Crippen LogP contribution in [0, 0.1) is 25.2 Å². The summed E-state index contributed by atoms with van der Waals surface area (Å²) in [6.07, 6.45) is 3.44. The van der Waals surface area contributed by atoms with Gasteiger partial charge in [-0.2, -0.15) is 5.26 Å². The van der Waals surface area contributed by atoms with Crippen LogP contribution in [0.25, 0.3) is 11.8 Å². The first-order valence-corrected chi connectivity index (χ1v) is 8.79. The van der Waals surface area contributed by atoms with Gasteiger partial charge in [0, 0.05) is 28.3 Å². The third-order valence-corrected chi connectivity index (χ3v) is 4.42. The number of nitriles is 1. The van der Waals surface area contributed by atoms with Gasteiger partial charge in [-0.15, -0.1) is 0 Å². The number of aromatic nitrogens is 1. The second-order valence-electron chi connectivity index (χ2n) is 6.22. The Morgan fingerprint density at radius 2 is 1.89 bits per heavy atom. The predicted molar refractivity (Wildman–Crippen MR) is 109 cm³/mol. The molecule has 0 aliphatic rings. The molecule has 1 aromatic heterocycles. The molecule has 3 aromatic rings. The highest BCUT2D eigenvalue weighted by atomic mass is 35.5. The summed E-state index contributed by atoms with van der Waals surface area (Å²) >= 11 is 5.94. The Hall–Kier alpha value is -3.29. The molecule has 27 heavy (non-hydrogen) atoms. The Kier molecular flexibility index (Phi) is 5.44. The zero-order chi connectivity index (χ0) is 19.4. The van der Waals surface area contributed by atoms with E-state index in [9.17, 15) is 10.1 Å². The summed E-state index contributed by atoms with van der Waals surface area (Å²) in [6, 6.07) is 18.8. The Morgan fingerprint density at radius 1 is 1.15 bits per heavy atom. The molecule has 4 nitrogen and oxygen atoms in total. The molecule has 1 heterocycles. The van der Waals surface area contributed by atoms with Crippen LogP contribution >= 0.6 is 11.6 Å². The van der Waals surface area contributed by atoms with Gasteiger partial charge in [-0.25, -0.2) is 0 Å². The molecule has 0 saturated heterocycles. The number of carbonyl (C=O) groups excluding carboxylic acids is 1. The second-order valence-corrected chi connectivity index (χ2v) is 6.66. The second kappa shape index (κ2) is 7.94.